The minimum absolute atomic E-state index is 0.750. The number of hydrogen-bond donors (Lipinski definition) is 7. The Balaban J connectivity index is 4.83. The van der Waals surface area contributed by atoms with Crippen LogP contribution >= 0.6 is 0 Å². The first-order chi connectivity index (χ1) is 11.5. The van der Waals surface area contributed by atoms with Gasteiger partial charge in [-0.2, -0.15) is 0 Å². The Hall–Kier alpha value is -2.73. The van der Waals surface area contributed by atoms with E-state index >= 15 is 0 Å². The van der Waals surface area contributed by atoms with Gasteiger partial charge in [-0.25, -0.2) is 0 Å². The molecule has 0 aromatic rings. The van der Waals surface area contributed by atoms with E-state index < -0.39 is 66.9 Å². The number of amides is 3. The van der Waals surface area contributed by atoms with Crippen molar-refractivity contribution in [2.75, 3.05) is 6.54 Å². The molecule has 0 aromatic carbocycles. The smallest absolute Gasteiger partial charge is 0.322 e. The van der Waals surface area contributed by atoms with Gasteiger partial charge in [0.05, 0.1) is 12.5 Å². The molecule has 4 unspecified atom stereocenters. The van der Waals surface area contributed by atoms with Crippen LogP contribution in [0.4, 0.5) is 0 Å². The molecule has 142 valence electrons. The molecule has 0 aliphatic carbocycles. The third kappa shape index (κ3) is 8.62. The number of carbonyl (C=O) groups excluding carboxylic acids is 3. The first-order valence-corrected chi connectivity index (χ1v) is 7.21. The topological polar surface area (TPSA) is 208 Å². The number of carbonyl (C=O) groups is 5. The standard InChI is InChI=1S/C13H22N4O8/c1-5(16-13(25)10(14)6(2)18)11(23)17-7(3-8(19)20)12(24)15-4-9(21)22/h5-7,10,18H,3-4,14H2,1-2H3,(H,15,24)(H,16,25)(H,17,23)(H,19,20)(H,21,22). The highest BCUT2D eigenvalue weighted by molar-refractivity contribution is 5.95. The Bertz CT molecular complexity index is 536. The Morgan fingerprint density at radius 3 is 1.92 bits per heavy atom. The van der Waals surface area contributed by atoms with Crippen LogP contribution in [0.15, 0.2) is 0 Å². The Labute approximate surface area is 142 Å². The van der Waals surface area contributed by atoms with Crippen molar-refractivity contribution in [1.29, 1.82) is 0 Å². The number of aliphatic hydroxyl groups excluding tert-OH is 1. The summed E-state index contributed by atoms with van der Waals surface area (Å²) in [6.07, 6.45) is -1.94. The molecule has 12 heteroatoms. The van der Waals surface area contributed by atoms with Gasteiger partial charge >= 0.3 is 11.9 Å². The maximum absolute atomic E-state index is 12.0. The monoisotopic (exact) mass is 362 g/mol. The lowest BCUT2D eigenvalue weighted by Gasteiger charge is -2.21. The number of carboxylic acids is 2. The van der Waals surface area contributed by atoms with Gasteiger partial charge in [0.1, 0.15) is 24.7 Å². The predicted octanol–water partition coefficient (Wildman–Crippen LogP) is -3.64. The van der Waals surface area contributed by atoms with Gasteiger partial charge in [0.15, 0.2) is 0 Å². The van der Waals surface area contributed by atoms with Crippen LogP contribution in [-0.2, 0) is 24.0 Å². The molecule has 0 rings (SSSR count). The Kier molecular flexibility index (Phi) is 9.09. The number of aliphatic hydroxyl groups is 1. The largest absolute Gasteiger partial charge is 0.481 e. The Morgan fingerprint density at radius 2 is 1.48 bits per heavy atom. The normalized spacial score (nSPS) is 15.2. The molecule has 25 heavy (non-hydrogen) atoms. The van der Waals surface area contributed by atoms with Gasteiger partial charge in [0.2, 0.25) is 17.7 Å². The SMILES string of the molecule is CC(NC(=O)C(N)C(C)O)C(=O)NC(CC(=O)O)C(=O)NCC(=O)O. The molecule has 0 saturated carbocycles. The summed E-state index contributed by atoms with van der Waals surface area (Å²) in [7, 11) is 0. The lowest BCUT2D eigenvalue weighted by molar-refractivity contribution is -0.141. The molecule has 0 spiro atoms. The van der Waals surface area contributed by atoms with E-state index in [0.29, 0.717) is 0 Å². The number of hydrogen-bond acceptors (Lipinski definition) is 7. The zero-order valence-electron chi connectivity index (χ0n) is 13.7. The van der Waals surface area contributed by atoms with E-state index in [-0.39, 0.29) is 0 Å². The van der Waals surface area contributed by atoms with Gasteiger partial charge in [-0.1, -0.05) is 0 Å². The summed E-state index contributed by atoms with van der Waals surface area (Å²) in [5.74, 6) is -5.45. The molecule has 0 fully saturated rings. The maximum atomic E-state index is 12.0. The molecule has 8 N–H and O–H groups in total. The summed E-state index contributed by atoms with van der Waals surface area (Å²) < 4.78 is 0. The van der Waals surface area contributed by atoms with E-state index in [0.717, 1.165) is 0 Å². The van der Waals surface area contributed by atoms with Crippen molar-refractivity contribution in [3.05, 3.63) is 0 Å². The quantitative estimate of drug-likeness (QED) is 0.204. The highest BCUT2D eigenvalue weighted by Gasteiger charge is 2.28. The Morgan fingerprint density at radius 1 is 0.920 bits per heavy atom. The first kappa shape index (κ1) is 22.3. The zero-order valence-corrected chi connectivity index (χ0v) is 13.7. The fourth-order valence-electron chi connectivity index (χ4n) is 1.56. The van der Waals surface area contributed by atoms with Crippen molar-refractivity contribution in [3.8, 4) is 0 Å². The van der Waals surface area contributed by atoms with Gasteiger partial charge < -0.3 is 37.0 Å². The van der Waals surface area contributed by atoms with Crippen LogP contribution in [-0.4, -0.2) is 75.8 Å². The lowest BCUT2D eigenvalue weighted by atomic mass is 10.1. The van der Waals surface area contributed by atoms with E-state index in [1.54, 1.807) is 0 Å². The van der Waals surface area contributed by atoms with Gasteiger partial charge in [0.25, 0.3) is 0 Å². The third-order valence-electron chi connectivity index (χ3n) is 3.00. The highest BCUT2D eigenvalue weighted by atomic mass is 16.4. The number of carboxylic acid groups (broad SMARTS) is 2. The second-order valence-corrected chi connectivity index (χ2v) is 5.27. The lowest BCUT2D eigenvalue weighted by Crippen LogP contribution is -2.56. The molecule has 0 saturated heterocycles. The first-order valence-electron chi connectivity index (χ1n) is 7.21. The highest BCUT2D eigenvalue weighted by Crippen LogP contribution is 1.96. The van der Waals surface area contributed by atoms with E-state index in [1.165, 1.54) is 13.8 Å². The number of aliphatic carboxylic acids is 2. The molecular formula is C13H22N4O8. The van der Waals surface area contributed by atoms with Crippen LogP contribution in [0.2, 0.25) is 0 Å². The van der Waals surface area contributed by atoms with E-state index in [4.69, 9.17) is 15.9 Å². The fraction of sp³-hybridized carbons (Fsp3) is 0.615. The minimum Gasteiger partial charge on any atom is -0.481 e. The van der Waals surface area contributed by atoms with Crippen molar-refractivity contribution < 1.29 is 39.3 Å². The second-order valence-electron chi connectivity index (χ2n) is 5.27. The summed E-state index contributed by atoms with van der Waals surface area (Å²) in [6, 6.07) is -3.99. The molecule has 0 aliphatic heterocycles. The van der Waals surface area contributed by atoms with Crippen molar-refractivity contribution >= 4 is 29.7 Å². The third-order valence-corrected chi connectivity index (χ3v) is 3.00. The van der Waals surface area contributed by atoms with E-state index in [1.807, 2.05) is 5.32 Å². The molecule has 4 atom stereocenters. The fourth-order valence-corrected chi connectivity index (χ4v) is 1.56. The van der Waals surface area contributed by atoms with E-state index in [9.17, 15) is 29.1 Å². The summed E-state index contributed by atoms with van der Waals surface area (Å²) in [6.45, 7) is 1.79. The van der Waals surface area contributed by atoms with E-state index in [2.05, 4.69) is 10.6 Å². The molecule has 0 radical (unpaired) electrons. The molecular weight excluding hydrogens is 340 g/mol. The predicted molar refractivity (Wildman–Crippen MR) is 82.1 cm³/mol. The van der Waals surface area contributed by atoms with Gasteiger partial charge in [0, 0.05) is 0 Å². The number of rotatable bonds is 10. The van der Waals surface area contributed by atoms with Crippen LogP contribution in [0.5, 0.6) is 0 Å². The van der Waals surface area contributed by atoms with Crippen LogP contribution in [0, 0.1) is 0 Å². The van der Waals surface area contributed by atoms with Crippen LogP contribution in [0.1, 0.15) is 20.3 Å². The molecule has 0 heterocycles. The summed E-state index contributed by atoms with van der Waals surface area (Å²) >= 11 is 0. The van der Waals surface area contributed by atoms with Crippen molar-refractivity contribution in [2.24, 2.45) is 5.73 Å². The zero-order chi connectivity index (χ0) is 19.7. The number of nitrogens with two attached hydrogens (primary N) is 1. The molecule has 0 bridgehead atoms. The molecule has 3 amide bonds. The van der Waals surface area contributed by atoms with Crippen molar-refractivity contribution in [1.82, 2.24) is 16.0 Å². The van der Waals surface area contributed by atoms with Gasteiger partial charge in [-0.3, -0.25) is 24.0 Å². The van der Waals surface area contributed by atoms with Crippen molar-refractivity contribution in [3.63, 3.8) is 0 Å². The number of nitrogens with one attached hydrogen (secondary N) is 3. The van der Waals surface area contributed by atoms with Crippen LogP contribution < -0.4 is 21.7 Å². The molecule has 0 aliphatic rings. The summed E-state index contributed by atoms with van der Waals surface area (Å²) in [4.78, 5) is 56.6. The minimum atomic E-state index is -1.53. The van der Waals surface area contributed by atoms with Gasteiger partial charge in [-0.05, 0) is 13.8 Å². The average Bonchev–Trinajstić information content (AvgIpc) is 2.50. The molecule has 12 nitrogen and oxygen atoms in total. The second kappa shape index (κ2) is 10.2. The van der Waals surface area contributed by atoms with Crippen molar-refractivity contribution in [2.45, 2.75) is 44.5 Å². The summed E-state index contributed by atoms with van der Waals surface area (Å²) in [5, 5.41) is 32.7. The maximum Gasteiger partial charge on any atom is 0.322 e. The van der Waals surface area contributed by atoms with Gasteiger partial charge in [-0.15, -0.1) is 0 Å². The average molecular weight is 362 g/mol. The molecule has 0 aromatic heterocycles. The summed E-state index contributed by atoms with van der Waals surface area (Å²) in [5.41, 5.74) is 5.40. The van der Waals surface area contributed by atoms with Crippen LogP contribution in [0.3, 0.4) is 0 Å². The van der Waals surface area contributed by atoms with Crippen LogP contribution in [0.25, 0.3) is 0 Å².